The van der Waals surface area contributed by atoms with Crippen LogP contribution in [0.4, 0.5) is 15.8 Å². The molecule has 7 heteroatoms. The van der Waals surface area contributed by atoms with Crippen molar-refractivity contribution in [2.75, 3.05) is 16.3 Å². The quantitative estimate of drug-likeness (QED) is 0.911. The van der Waals surface area contributed by atoms with Gasteiger partial charge in [0.05, 0.1) is 17.5 Å². The van der Waals surface area contributed by atoms with Gasteiger partial charge in [0, 0.05) is 5.69 Å². The van der Waals surface area contributed by atoms with E-state index in [2.05, 4.69) is 10.0 Å². The molecule has 0 aromatic heterocycles. The van der Waals surface area contributed by atoms with Gasteiger partial charge in [0.25, 0.3) is 5.91 Å². The van der Waals surface area contributed by atoms with E-state index in [4.69, 9.17) is 0 Å². The molecule has 5 nitrogen and oxygen atoms in total. The molecule has 0 bridgehead atoms. The number of hydrogen-bond acceptors (Lipinski definition) is 3. The lowest BCUT2D eigenvalue weighted by Crippen LogP contribution is -2.14. The summed E-state index contributed by atoms with van der Waals surface area (Å²) in [6.07, 6.45) is 1.03. The first-order valence-corrected chi connectivity index (χ1v) is 7.88. The lowest BCUT2D eigenvalue weighted by Gasteiger charge is -2.08. The van der Waals surface area contributed by atoms with Crippen molar-refractivity contribution in [1.29, 1.82) is 0 Å². The number of carbonyl (C=O) groups is 1. The van der Waals surface area contributed by atoms with Crippen molar-refractivity contribution in [3.05, 3.63) is 59.9 Å². The molecule has 0 saturated heterocycles. The Kier molecular flexibility index (Phi) is 4.23. The van der Waals surface area contributed by atoms with Gasteiger partial charge < -0.3 is 5.32 Å². The highest BCUT2D eigenvalue weighted by Gasteiger charge is 2.11. The van der Waals surface area contributed by atoms with Crippen LogP contribution in [0.1, 0.15) is 10.4 Å². The maximum Gasteiger partial charge on any atom is 0.258 e. The molecule has 2 rings (SSSR count). The first-order valence-electron chi connectivity index (χ1n) is 5.99. The first-order chi connectivity index (χ1) is 9.85. The van der Waals surface area contributed by atoms with Crippen LogP contribution in [0.5, 0.6) is 0 Å². The van der Waals surface area contributed by atoms with Crippen LogP contribution < -0.4 is 10.0 Å². The second-order valence-corrected chi connectivity index (χ2v) is 6.14. The second-order valence-electron chi connectivity index (χ2n) is 4.39. The van der Waals surface area contributed by atoms with Crippen LogP contribution in [0.15, 0.2) is 48.5 Å². The van der Waals surface area contributed by atoms with E-state index in [0.717, 1.165) is 6.26 Å². The zero-order valence-corrected chi connectivity index (χ0v) is 11.9. The molecule has 0 aliphatic heterocycles. The summed E-state index contributed by atoms with van der Waals surface area (Å²) in [5.41, 5.74) is 0.583. The van der Waals surface area contributed by atoms with Gasteiger partial charge in [-0.2, -0.15) is 0 Å². The van der Waals surface area contributed by atoms with Gasteiger partial charge in [-0.05, 0) is 30.3 Å². The standard InChI is InChI=1S/C14H13FN2O3S/c1-21(19,20)17-11-6-4-5-10(9-11)16-14(18)12-7-2-3-8-13(12)15/h2-9,17H,1H3,(H,16,18). The number of anilines is 2. The van der Waals surface area contributed by atoms with E-state index in [1.807, 2.05) is 0 Å². The molecular weight excluding hydrogens is 295 g/mol. The molecule has 1 amide bonds. The third-order valence-corrected chi connectivity index (χ3v) is 3.15. The number of hydrogen-bond donors (Lipinski definition) is 2. The van der Waals surface area contributed by atoms with Gasteiger partial charge in [0.15, 0.2) is 0 Å². The topological polar surface area (TPSA) is 75.3 Å². The fourth-order valence-corrected chi connectivity index (χ4v) is 2.27. The molecule has 0 unspecified atom stereocenters. The zero-order chi connectivity index (χ0) is 15.5. The smallest absolute Gasteiger partial charge is 0.258 e. The van der Waals surface area contributed by atoms with Crippen molar-refractivity contribution in [3.63, 3.8) is 0 Å². The van der Waals surface area contributed by atoms with Gasteiger partial charge in [-0.3, -0.25) is 9.52 Å². The molecule has 0 spiro atoms. The van der Waals surface area contributed by atoms with Crippen molar-refractivity contribution in [3.8, 4) is 0 Å². The second kappa shape index (κ2) is 5.92. The number of nitrogens with one attached hydrogen (secondary N) is 2. The normalized spacial score (nSPS) is 11.0. The number of carbonyl (C=O) groups excluding carboxylic acids is 1. The van der Waals surface area contributed by atoms with Crippen LogP contribution >= 0.6 is 0 Å². The molecular formula is C14H13FN2O3S. The van der Waals surface area contributed by atoms with Gasteiger partial charge >= 0.3 is 0 Å². The average Bonchev–Trinajstić information content (AvgIpc) is 2.37. The molecule has 0 aliphatic carbocycles. The molecule has 21 heavy (non-hydrogen) atoms. The maximum atomic E-state index is 13.5. The molecule has 0 heterocycles. The fraction of sp³-hybridized carbons (Fsp3) is 0.0714. The maximum absolute atomic E-state index is 13.5. The highest BCUT2D eigenvalue weighted by Crippen LogP contribution is 2.17. The van der Waals surface area contributed by atoms with Crippen molar-refractivity contribution in [1.82, 2.24) is 0 Å². The summed E-state index contributed by atoms with van der Waals surface area (Å²) in [7, 11) is -3.40. The summed E-state index contributed by atoms with van der Waals surface area (Å²) < 4.78 is 38.1. The van der Waals surface area contributed by atoms with E-state index in [0.29, 0.717) is 11.4 Å². The van der Waals surface area contributed by atoms with Gasteiger partial charge in [-0.15, -0.1) is 0 Å². The molecule has 0 fully saturated rings. The van der Waals surface area contributed by atoms with Crippen LogP contribution in [0.2, 0.25) is 0 Å². The fourth-order valence-electron chi connectivity index (χ4n) is 1.72. The predicted molar refractivity (Wildman–Crippen MR) is 79.3 cm³/mol. The highest BCUT2D eigenvalue weighted by molar-refractivity contribution is 7.92. The summed E-state index contributed by atoms with van der Waals surface area (Å²) >= 11 is 0. The molecule has 2 aromatic rings. The van der Waals surface area contributed by atoms with Crippen LogP contribution in [0.25, 0.3) is 0 Å². The van der Waals surface area contributed by atoms with Gasteiger partial charge in [-0.25, -0.2) is 12.8 Å². The molecule has 0 radical (unpaired) electrons. The summed E-state index contributed by atoms with van der Waals surface area (Å²) in [4.78, 5) is 11.9. The number of amides is 1. The Morgan fingerprint density at radius 3 is 2.38 bits per heavy atom. The van der Waals surface area contributed by atoms with E-state index >= 15 is 0 Å². The first kappa shape index (κ1) is 15.0. The Morgan fingerprint density at radius 2 is 1.71 bits per heavy atom. The van der Waals surface area contributed by atoms with Crippen LogP contribution in [-0.4, -0.2) is 20.6 Å². The lowest BCUT2D eigenvalue weighted by atomic mass is 10.2. The minimum atomic E-state index is -3.40. The third kappa shape index (κ3) is 4.28. The Hall–Kier alpha value is -2.41. The van der Waals surface area contributed by atoms with Crippen molar-refractivity contribution in [2.45, 2.75) is 0 Å². The van der Waals surface area contributed by atoms with E-state index in [1.54, 1.807) is 24.3 Å². The zero-order valence-electron chi connectivity index (χ0n) is 11.1. The van der Waals surface area contributed by atoms with E-state index < -0.39 is 21.7 Å². The summed E-state index contributed by atoms with van der Waals surface area (Å²) in [6, 6.07) is 11.7. The van der Waals surface area contributed by atoms with E-state index in [-0.39, 0.29) is 5.56 Å². The largest absolute Gasteiger partial charge is 0.322 e. The minimum Gasteiger partial charge on any atom is -0.322 e. The van der Waals surface area contributed by atoms with E-state index in [9.17, 15) is 17.6 Å². The average molecular weight is 308 g/mol. The minimum absolute atomic E-state index is 0.0843. The summed E-state index contributed by atoms with van der Waals surface area (Å²) in [5.74, 6) is -1.23. The van der Waals surface area contributed by atoms with Gasteiger partial charge in [-0.1, -0.05) is 18.2 Å². The number of halogens is 1. The Morgan fingerprint density at radius 1 is 1.05 bits per heavy atom. The Balaban J connectivity index is 2.19. The number of sulfonamides is 1. The van der Waals surface area contributed by atoms with Crippen LogP contribution in [0.3, 0.4) is 0 Å². The van der Waals surface area contributed by atoms with Gasteiger partial charge in [0.1, 0.15) is 5.82 Å². The highest BCUT2D eigenvalue weighted by atomic mass is 32.2. The third-order valence-electron chi connectivity index (χ3n) is 2.54. The van der Waals surface area contributed by atoms with Crippen molar-refractivity contribution < 1.29 is 17.6 Å². The van der Waals surface area contributed by atoms with Crippen molar-refractivity contribution >= 4 is 27.3 Å². The summed E-state index contributed by atoms with van der Waals surface area (Å²) in [5, 5.41) is 2.51. The molecule has 110 valence electrons. The predicted octanol–water partition coefficient (Wildman–Crippen LogP) is 2.45. The van der Waals surface area contributed by atoms with Crippen molar-refractivity contribution in [2.24, 2.45) is 0 Å². The van der Waals surface area contributed by atoms with Gasteiger partial charge in [0.2, 0.25) is 10.0 Å². The molecule has 0 aliphatic rings. The molecule has 2 aromatic carbocycles. The SMILES string of the molecule is CS(=O)(=O)Nc1cccc(NC(=O)c2ccccc2F)c1. The molecule has 0 atom stereocenters. The number of benzene rings is 2. The Bertz CT molecular complexity index is 775. The monoisotopic (exact) mass is 308 g/mol. The van der Waals surface area contributed by atoms with Crippen LogP contribution in [-0.2, 0) is 10.0 Å². The molecule has 0 saturated carbocycles. The lowest BCUT2D eigenvalue weighted by molar-refractivity contribution is 0.102. The Labute approximate surface area is 121 Å². The molecule has 2 N–H and O–H groups in total. The van der Waals surface area contributed by atoms with E-state index in [1.165, 1.54) is 24.3 Å². The number of rotatable bonds is 4. The summed E-state index contributed by atoms with van der Waals surface area (Å²) in [6.45, 7) is 0. The van der Waals surface area contributed by atoms with Crippen LogP contribution in [0, 0.1) is 5.82 Å².